The van der Waals surface area contributed by atoms with Crippen LogP contribution in [0.3, 0.4) is 0 Å². The molecule has 0 aromatic heterocycles. The fourth-order valence-electron chi connectivity index (χ4n) is 2.41. The second-order valence-electron chi connectivity index (χ2n) is 5.63. The van der Waals surface area contributed by atoms with E-state index in [9.17, 15) is 9.59 Å². The fourth-order valence-corrected chi connectivity index (χ4v) is 2.41. The summed E-state index contributed by atoms with van der Waals surface area (Å²) in [6.45, 7) is 6.19. The maximum Gasteiger partial charge on any atom is 0.226 e. The number of aryl methyl sites for hydroxylation is 2. The molecule has 23 heavy (non-hydrogen) atoms. The SMILES string of the molecule is CC(=O)c1ccc(NC(=O)CCNc2c(C)cccc2C)cc1. The van der Waals surface area contributed by atoms with Gasteiger partial charge >= 0.3 is 0 Å². The van der Waals surface area contributed by atoms with Crippen molar-refractivity contribution in [3.05, 3.63) is 59.2 Å². The first-order valence-corrected chi connectivity index (χ1v) is 7.68. The Balaban J connectivity index is 1.84. The third kappa shape index (κ3) is 4.68. The summed E-state index contributed by atoms with van der Waals surface area (Å²) in [5.41, 5.74) is 4.77. The van der Waals surface area contributed by atoms with E-state index in [4.69, 9.17) is 0 Å². The second-order valence-corrected chi connectivity index (χ2v) is 5.63. The highest BCUT2D eigenvalue weighted by atomic mass is 16.1. The molecule has 1 amide bonds. The normalized spacial score (nSPS) is 10.2. The molecule has 0 atom stereocenters. The molecule has 120 valence electrons. The highest BCUT2D eigenvalue weighted by Gasteiger charge is 2.05. The van der Waals surface area contributed by atoms with Gasteiger partial charge in [0.15, 0.2) is 5.78 Å². The zero-order valence-electron chi connectivity index (χ0n) is 13.8. The minimum Gasteiger partial charge on any atom is -0.384 e. The summed E-state index contributed by atoms with van der Waals surface area (Å²) in [7, 11) is 0. The molecule has 0 saturated carbocycles. The van der Waals surface area contributed by atoms with E-state index in [2.05, 4.69) is 10.6 Å². The van der Waals surface area contributed by atoms with E-state index in [1.165, 1.54) is 18.1 Å². The maximum atomic E-state index is 12.0. The Morgan fingerprint density at radius 1 is 0.957 bits per heavy atom. The van der Waals surface area contributed by atoms with E-state index in [-0.39, 0.29) is 11.7 Å². The van der Waals surface area contributed by atoms with Gasteiger partial charge in [0, 0.05) is 29.9 Å². The second kappa shape index (κ2) is 7.58. The van der Waals surface area contributed by atoms with Gasteiger partial charge < -0.3 is 10.6 Å². The van der Waals surface area contributed by atoms with Gasteiger partial charge in [-0.25, -0.2) is 0 Å². The summed E-state index contributed by atoms with van der Waals surface area (Å²) >= 11 is 0. The summed E-state index contributed by atoms with van der Waals surface area (Å²) in [4.78, 5) is 23.2. The van der Waals surface area contributed by atoms with Crippen molar-refractivity contribution in [3.8, 4) is 0 Å². The van der Waals surface area contributed by atoms with Crippen molar-refractivity contribution in [1.82, 2.24) is 0 Å². The molecule has 4 heteroatoms. The van der Waals surface area contributed by atoms with Crippen LogP contribution >= 0.6 is 0 Å². The number of Topliss-reactive ketones (excluding diaryl/α,β-unsaturated/α-hetero) is 1. The lowest BCUT2D eigenvalue weighted by molar-refractivity contribution is -0.115. The maximum absolute atomic E-state index is 12.0. The molecule has 0 saturated heterocycles. The van der Waals surface area contributed by atoms with Crippen LogP contribution in [-0.2, 0) is 4.79 Å². The number of ketones is 1. The highest BCUT2D eigenvalue weighted by molar-refractivity contribution is 5.95. The molecule has 0 radical (unpaired) electrons. The van der Waals surface area contributed by atoms with Crippen molar-refractivity contribution in [3.63, 3.8) is 0 Å². The van der Waals surface area contributed by atoms with Gasteiger partial charge in [-0.05, 0) is 56.2 Å². The molecule has 0 bridgehead atoms. The standard InChI is InChI=1S/C19H22N2O2/c1-13-5-4-6-14(2)19(13)20-12-11-18(23)21-17-9-7-16(8-10-17)15(3)22/h4-10,20H,11-12H2,1-3H3,(H,21,23). The number of benzene rings is 2. The van der Waals surface area contributed by atoms with Gasteiger partial charge in [-0.1, -0.05) is 18.2 Å². The lowest BCUT2D eigenvalue weighted by Crippen LogP contribution is -2.16. The zero-order chi connectivity index (χ0) is 16.8. The van der Waals surface area contributed by atoms with Crippen LogP contribution < -0.4 is 10.6 Å². The number of hydrogen-bond donors (Lipinski definition) is 2. The van der Waals surface area contributed by atoms with Gasteiger partial charge in [-0.15, -0.1) is 0 Å². The van der Waals surface area contributed by atoms with Crippen molar-refractivity contribution in [2.24, 2.45) is 0 Å². The van der Waals surface area contributed by atoms with Crippen LogP contribution in [0.4, 0.5) is 11.4 Å². The summed E-state index contributed by atoms with van der Waals surface area (Å²) in [6.07, 6.45) is 0.377. The Labute approximate surface area is 136 Å². The van der Waals surface area contributed by atoms with Crippen LogP contribution in [0, 0.1) is 13.8 Å². The molecule has 2 aromatic rings. The number of hydrogen-bond acceptors (Lipinski definition) is 3. The number of anilines is 2. The first-order valence-electron chi connectivity index (χ1n) is 7.68. The number of rotatable bonds is 6. The number of amides is 1. The van der Waals surface area contributed by atoms with Crippen molar-refractivity contribution in [1.29, 1.82) is 0 Å². The average molecular weight is 310 g/mol. The van der Waals surface area contributed by atoms with Crippen LogP contribution in [0.1, 0.15) is 34.8 Å². The Kier molecular flexibility index (Phi) is 5.52. The lowest BCUT2D eigenvalue weighted by atomic mass is 10.1. The highest BCUT2D eigenvalue weighted by Crippen LogP contribution is 2.19. The first-order chi connectivity index (χ1) is 11.0. The minimum atomic E-state index is -0.0562. The topological polar surface area (TPSA) is 58.2 Å². The predicted molar refractivity (Wildman–Crippen MR) is 94.1 cm³/mol. The van der Waals surface area contributed by atoms with E-state index in [0.29, 0.717) is 24.2 Å². The summed E-state index contributed by atoms with van der Waals surface area (Å²) in [5, 5.41) is 6.15. The average Bonchev–Trinajstić information content (AvgIpc) is 2.51. The number of para-hydroxylation sites is 1. The van der Waals surface area contributed by atoms with Gasteiger partial charge in [0.25, 0.3) is 0 Å². The number of carbonyl (C=O) groups excluding carboxylic acids is 2. The molecular weight excluding hydrogens is 288 g/mol. The van der Waals surface area contributed by atoms with Gasteiger partial charge in [-0.3, -0.25) is 9.59 Å². The predicted octanol–water partition coefficient (Wildman–Crippen LogP) is 3.95. The molecule has 0 aliphatic carbocycles. The van der Waals surface area contributed by atoms with E-state index >= 15 is 0 Å². The van der Waals surface area contributed by atoms with Gasteiger partial charge in [-0.2, -0.15) is 0 Å². The Hall–Kier alpha value is -2.62. The molecule has 2 N–H and O–H groups in total. The van der Waals surface area contributed by atoms with Gasteiger partial charge in [0.2, 0.25) is 5.91 Å². The van der Waals surface area contributed by atoms with E-state index in [1.54, 1.807) is 24.3 Å². The zero-order valence-corrected chi connectivity index (χ0v) is 13.8. The molecular formula is C19H22N2O2. The quantitative estimate of drug-likeness (QED) is 0.794. The number of carbonyl (C=O) groups is 2. The summed E-state index contributed by atoms with van der Waals surface area (Å²) in [5.74, 6) is -0.0417. The summed E-state index contributed by atoms with van der Waals surface area (Å²) < 4.78 is 0. The molecule has 2 rings (SSSR count). The molecule has 0 heterocycles. The Morgan fingerprint density at radius 2 is 1.57 bits per heavy atom. The lowest BCUT2D eigenvalue weighted by Gasteiger charge is -2.12. The van der Waals surface area contributed by atoms with Crippen molar-refractivity contribution < 1.29 is 9.59 Å². The minimum absolute atomic E-state index is 0.0145. The molecule has 0 unspecified atom stereocenters. The molecule has 2 aromatic carbocycles. The molecule has 0 aliphatic heterocycles. The van der Waals surface area contributed by atoms with Gasteiger partial charge in [0.1, 0.15) is 0 Å². The molecule has 0 aliphatic rings. The Morgan fingerprint density at radius 3 is 2.13 bits per heavy atom. The summed E-state index contributed by atoms with van der Waals surface area (Å²) in [6, 6.07) is 13.0. The van der Waals surface area contributed by atoms with Crippen LogP contribution in [0.25, 0.3) is 0 Å². The molecule has 4 nitrogen and oxygen atoms in total. The van der Waals surface area contributed by atoms with Crippen molar-refractivity contribution >= 4 is 23.1 Å². The smallest absolute Gasteiger partial charge is 0.226 e. The van der Waals surface area contributed by atoms with Crippen LogP contribution in [0.5, 0.6) is 0 Å². The monoisotopic (exact) mass is 310 g/mol. The van der Waals surface area contributed by atoms with E-state index in [1.807, 2.05) is 32.0 Å². The van der Waals surface area contributed by atoms with Gasteiger partial charge in [0.05, 0.1) is 0 Å². The number of nitrogens with one attached hydrogen (secondary N) is 2. The fraction of sp³-hybridized carbons (Fsp3) is 0.263. The third-order valence-corrected chi connectivity index (χ3v) is 3.71. The molecule has 0 spiro atoms. The van der Waals surface area contributed by atoms with Crippen LogP contribution in [0.2, 0.25) is 0 Å². The van der Waals surface area contributed by atoms with Crippen LogP contribution in [-0.4, -0.2) is 18.2 Å². The van der Waals surface area contributed by atoms with Crippen molar-refractivity contribution in [2.75, 3.05) is 17.2 Å². The van der Waals surface area contributed by atoms with Crippen molar-refractivity contribution in [2.45, 2.75) is 27.2 Å². The van der Waals surface area contributed by atoms with E-state index < -0.39 is 0 Å². The first kappa shape index (κ1) is 16.7. The third-order valence-electron chi connectivity index (χ3n) is 3.71. The van der Waals surface area contributed by atoms with E-state index in [0.717, 1.165) is 5.69 Å². The Bertz CT molecular complexity index is 686. The molecule has 0 fully saturated rings. The van der Waals surface area contributed by atoms with Crippen LogP contribution in [0.15, 0.2) is 42.5 Å². The largest absolute Gasteiger partial charge is 0.384 e.